The first kappa shape index (κ1) is 15.3. The Hall–Kier alpha value is -2.10. The minimum absolute atomic E-state index is 0.00961. The number of hydrogen-bond donors (Lipinski definition) is 1. The van der Waals surface area contributed by atoms with E-state index in [2.05, 4.69) is 41.6 Å². The van der Waals surface area contributed by atoms with Crippen molar-refractivity contribution in [3.8, 4) is 0 Å². The molecule has 1 aromatic carbocycles. The highest BCUT2D eigenvalue weighted by molar-refractivity contribution is 5.79. The molecule has 0 aliphatic rings. The number of carbonyl (C=O) groups is 1. The average molecular weight is 285 g/mol. The maximum atomic E-state index is 12.2. The third kappa shape index (κ3) is 3.51. The maximum Gasteiger partial charge on any atom is 0.225 e. The lowest BCUT2D eigenvalue weighted by atomic mass is 10.1. The molecule has 0 aliphatic carbocycles. The summed E-state index contributed by atoms with van der Waals surface area (Å²) in [7, 11) is 1.90. The molecule has 0 radical (unpaired) electrons. The third-order valence-electron chi connectivity index (χ3n) is 3.95. The summed E-state index contributed by atoms with van der Waals surface area (Å²) in [6, 6.07) is 8.25. The van der Waals surface area contributed by atoms with E-state index in [1.165, 1.54) is 5.56 Å². The molecule has 0 bridgehead atoms. The van der Waals surface area contributed by atoms with E-state index in [1.54, 1.807) is 0 Å². The molecule has 1 N–H and O–H groups in total. The lowest BCUT2D eigenvalue weighted by Crippen LogP contribution is -2.28. The molecule has 1 unspecified atom stereocenters. The van der Waals surface area contributed by atoms with E-state index < -0.39 is 0 Å². The smallest absolute Gasteiger partial charge is 0.225 e. The Kier molecular flexibility index (Phi) is 4.46. The number of aromatic nitrogens is 2. The Morgan fingerprint density at radius 3 is 2.38 bits per heavy atom. The summed E-state index contributed by atoms with van der Waals surface area (Å²) < 4.78 is 1.82. The number of aryl methyl sites for hydroxylation is 3. The van der Waals surface area contributed by atoms with Crippen LogP contribution in [0.4, 0.5) is 0 Å². The number of nitrogens with zero attached hydrogens (tertiary/aromatic N) is 2. The first-order chi connectivity index (χ1) is 9.88. The summed E-state index contributed by atoms with van der Waals surface area (Å²) in [6.07, 6.45) is 0.377. The van der Waals surface area contributed by atoms with Gasteiger partial charge in [0.2, 0.25) is 5.91 Å². The molecular weight excluding hydrogens is 262 g/mol. The van der Waals surface area contributed by atoms with E-state index in [4.69, 9.17) is 0 Å². The van der Waals surface area contributed by atoms with Gasteiger partial charge in [-0.05, 0) is 33.3 Å². The second-order valence-electron chi connectivity index (χ2n) is 5.65. The predicted octanol–water partition coefficient (Wildman–Crippen LogP) is 2.77. The monoisotopic (exact) mass is 285 g/mol. The summed E-state index contributed by atoms with van der Waals surface area (Å²) >= 11 is 0. The van der Waals surface area contributed by atoms with Gasteiger partial charge in [-0.25, -0.2) is 0 Å². The highest BCUT2D eigenvalue weighted by Gasteiger charge is 2.15. The van der Waals surface area contributed by atoms with Crippen LogP contribution in [-0.2, 0) is 18.3 Å². The third-order valence-corrected chi connectivity index (χ3v) is 3.95. The molecule has 21 heavy (non-hydrogen) atoms. The first-order valence-corrected chi connectivity index (χ1v) is 7.23. The van der Waals surface area contributed by atoms with Gasteiger partial charge in [0, 0.05) is 18.3 Å². The second kappa shape index (κ2) is 6.12. The number of hydrogen-bond acceptors (Lipinski definition) is 2. The Morgan fingerprint density at radius 2 is 1.86 bits per heavy atom. The zero-order valence-corrected chi connectivity index (χ0v) is 13.4. The van der Waals surface area contributed by atoms with Crippen LogP contribution >= 0.6 is 0 Å². The van der Waals surface area contributed by atoms with Crippen LogP contribution in [0.5, 0.6) is 0 Å². The number of carbonyl (C=O) groups excluding carboxylic acids is 1. The summed E-state index contributed by atoms with van der Waals surface area (Å²) in [6.45, 7) is 8.00. The first-order valence-electron chi connectivity index (χ1n) is 7.23. The molecule has 0 saturated carbocycles. The van der Waals surface area contributed by atoms with Gasteiger partial charge in [-0.15, -0.1) is 0 Å². The van der Waals surface area contributed by atoms with Crippen molar-refractivity contribution in [2.24, 2.45) is 7.05 Å². The maximum absolute atomic E-state index is 12.2. The average Bonchev–Trinajstić information content (AvgIpc) is 2.66. The van der Waals surface area contributed by atoms with Crippen molar-refractivity contribution in [2.75, 3.05) is 0 Å². The van der Waals surface area contributed by atoms with Gasteiger partial charge < -0.3 is 5.32 Å². The summed E-state index contributed by atoms with van der Waals surface area (Å²) in [5.74, 6) is 0.0299. The Bertz CT molecular complexity index is 641. The summed E-state index contributed by atoms with van der Waals surface area (Å²) in [4.78, 5) is 12.2. The van der Waals surface area contributed by atoms with Gasteiger partial charge >= 0.3 is 0 Å². The fourth-order valence-electron chi connectivity index (χ4n) is 2.46. The van der Waals surface area contributed by atoms with Crippen molar-refractivity contribution < 1.29 is 4.79 Å². The van der Waals surface area contributed by atoms with Gasteiger partial charge in [-0.2, -0.15) is 5.10 Å². The largest absolute Gasteiger partial charge is 0.349 e. The van der Waals surface area contributed by atoms with Gasteiger partial charge in [0.15, 0.2) is 0 Å². The SMILES string of the molecule is Cc1ccc(C(C)NC(=O)Cc2c(C)nn(C)c2C)cc1. The van der Waals surface area contributed by atoms with Gasteiger partial charge in [-0.1, -0.05) is 29.8 Å². The van der Waals surface area contributed by atoms with Gasteiger partial charge in [-0.3, -0.25) is 9.48 Å². The quantitative estimate of drug-likeness (QED) is 0.939. The highest BCUT2D eigenvalue weighted by Crippen LogP contribution is 2.15. The standard InChI is InChI=1S/C17H23N3O/c1-11-6-8-15(9-7-11)12(2)18-17(21)10-16-13(3)19-20(5)14(16)4/h6-9,12H,10H2,1-5H3,(H,18,21). The van der Waals surface area contributed by atoms with Crippen molar-refractivity contribution in [3.05, 3.63) is 52.3 Å². The van der Waals surface area contributed by atoms with Crippen molar-refractivity contribution in [1.82, 2.24) is 15.1 Å². The molecule has 0 aliphatic heterocycles. The molecule has 1 amide bonds. The highest BCUT2D eigenvalue weighted by atomic mass is 16.1. The van der Waals surface area contributed by atoms with Crippen molar-refractivity contribution >= 4 is 5.91 Å². The lowest BCUT2D eigenvalue weighted by molar-refractivity contribution is -0.121. The van der Waals surface area contributed by atoms with Crippen LogP contribution in [0.25, 0.3) is 0 Å². The zero-order valence-electron chi connectivity index (χ0n) is 13.4. The van der Waals surface area contributed by atoms with E-state index in [1.807, 2.05) is 32.5 Å². The Morgan fingerprint density at radius 1 is 1.24 bits per heavy atom. The second-order valence-corrected chi connectivity index (χ2v) is 5.65. The van der Waals surface area contributed by atoms with Gasteiger partial charge in [0.1, 0.15) is 0 Å². The van der Waals surface area contributed by atoms with Crippen LogP contribution in [0.15, 0.2) is 24.3 Å². The minimum Gasteiger partial charge on any atom is -0.349 e. The van der Waals surface area contributed by atoms with Crippen LogP contribution < -0.4 is 5.32 Å². The van der Waals surface area contributed by atoms with E-state index in [-0.39, 0.29) is 11.9 Å². The van der Waals surface area contributed by atoms with Gasteiger partial charge in [0.05, 0.1) is 18.2 Å². The molecule has 2 rings (SSSR count). The Balaban J connectivity index is 2.03. The number of benzene rings is 1. The van der Waals surface area contributed by atoms with Crippen LogP contribution in [-0.4, -0.2) is 15.7 Å². The molecule has 1 atom stereocenters. The zero-order chi connectivity index (χ0) is 15.6. The summed E-state index contributed by atoms with van der Waals surface area (Å²) in [5, 5.41) is 7.40. The number of amides is 1. The molecule has 0 fully saturated rings. The fraction of sp³-hybridized carbons (Fsp3) is 0.412. The summed E-state index contributed by atoms with van der Waals surface area (Å²) in [5.41, 5.74) is 5.33. The van der Waals surface area contributed by atoms with E-state index >= 15 is 0 Å². The predicted molar refractivity (Wildman–Crippen MR) is 84.1 cm³/mol. The minimum atomic E-state index is 0.00961. The topological polar surface area (TPSA) is 46.9 Å². The van der Waals surface area contributed by atoms with E-state index in [0.717, 1.165) is 22.5 Å². The molecule has 112 valence electrons. The normalized spacial score (nSPS) is 12.2. The van der Waals surface area contributed by atoms with Crippen LogP contribution in [0.1, 0.15) is 41.0 Å². The van der Waals surface area contributed by atoms with E-state index in [9.17, 15) is 4.79 Å². The Labute approximate surface area is 126 Å². The van der Waals surface area contributed by atoms with Gasteiger partial charge in [0.25, 0.3) is 0 Å². The van der Waals surface area contributed by atoms with Crippen molar-refractivity contribution in [1.29, 1.82) is 0 Å². The molecule has 2 aromatic rings. The van der Waals surface area contributed by atoms with Crippen LogP contribution in [0.2, 0.25) is 0 Å². The molecule has 0 spiro atoms. The fourth-order valence-corrected chi connectivity index (χ4v) is 2.46. The van der Waals surface area contributed by atoms with Crippen molar-refractivity contribution in [3.63, 3.8) is 0 Å². The lowest BCUT2D eigenvalue weighted by Gasteiger charge is -2.14. The number of nitrogens with one attached hydrogen (secondary N) is 1. The van der Waals surface area contributed by atoms with E-state index in [0.29, 0.717) is 6.42 Å². The molecule has 0 saturated heterocycles. The van der Waals surface area contributed by atoms with Crippen LogP contribution in [0.3, 0.4) is 0 Å². The van der Waals surface area contributed by atoms with Crippen LogP contribution in [0, 0.1) is 20.8 Å². The molecule has 1 aromatic heterocycles. The number of rotatable bonds is 4. The molecular formula is C17H23N3O. The molecule has 4 heteroatoms. The molecule has 4 nitrogen and oxygen atoms in total. The van der Waals surface area contributed by atoms with Crippen molar-refractivity contribution in [2.45, 2.75) is 40.2 Å². The molecule has 1 heterocycles.